The van der Waals surface area contributed by atoms with Crippen molar-refractivity contribution in [2.75, 3.05) is 32.8 Å². The number of halogens is 1. The van der Waals surface area contributed by atoms with E-state index in [0.29, 0.717) is 24.6 Å². The Morgan fingerprint density at radius 1 is 1.03 bits per heavy atom. The summed E-state index contributed by atoms with van der Waals surface area (Å²) in [7, 11) is 0. The lowest BCUT2D eigenvalue weighted by atomic mass is 10.0. The van der Waals surface area contributed by atoms with Crippen molar-refractivity contribution in [3.63, 3.8) is 0 Å². The lowest BCUT2D eigenvalue weighted by Crippen LogP contribution is -2.54. The molecule has 190 valence electrons. The number of aromatic nitrogens is 1. The van der Waals surface area contributed by atoms with Crippen molar-refractivity contribution in [1.29, 1.82) is 0 Å². The second-order valence-electron chi connectivity index (χ2n) is 9.10. The van der Waals surface area contributed by atoms with E-state index < -0.39 is 0 Å². The first-order chi connectivity index (χ1) is 18.1. The van der Waals surface area contributed by atoms with E-state index >= 15 is 0 Å². The molecule has 6 nitrogen and oxygen atoms in total. The fraction of sp³-hybridized carbons (Fsp3) is 0.267. The Morgan fingerprint density at radius 2 is 1.84 bits per heavy atom. The Morgan fingerprint density at radius 3 is 2.62 bits per heavy atom. The number of fused-ring (bicyclic) bond motifs is 1. The molecule has 1 amide bonds. The van der Waals surface area contributed by atoms with E-state index in [2.05, 4.69) is 10.2 Å². The Hall–Kier alpha value is -3.97. The van der Waals surface area contributed by atoms with Crippen molar-refractivity contribution in [3.05, 3.63) is 90.4 Å². The van der Waals surface area contributed by atoms with E-state index in [9.17, 15) is 9.18 Å². The summed E-state index contributed by atoms with van der Waals surface area (Å²) in [6, 6.07) is 23.8. The highest BCUT2D eigenvalue weighted by Crippen LogP contribution is 2.26. The molecule has 0 unspecified atom stereocenters. The molecule has 0 spiro atoms. The molecule has 1 aliphatic rings. The van der Waals surface area contributed by atoms with Gasteiger partial charge in [0.25, 0.3) is 5.91 Å². The van der Waals surface area contributed by atoms with Crippen LogP contribution in [0, 0.1) is 5.82 Å². The molecule has 1 fully saturated rings. The van der Waals surface area contributed by atoms with Crippen molar-refractivity contribution in [2.24, 2.45) is 0 Å². The zero-order chi connectivity index (χ0) is 25.6. The van der Waals surface area contributed by atoms with E-state index in [4.69, 9.17) is 14.5 Å². The second kappa shape index (κ2) is 11.4. The molecule has 37 heavy (non-hydrogen) atoms. The van der Waals surface area contributed by atoms with Crippen molar-refractivity contribution < 1.29 is 18.7 Å². The van der Waals surface area contributed by atoms with Gasteiger partial charge in [-0.05, 0) is 61.2 Å². The number of hydrogen-bond acceptors (Lipinski definition) is 5. The molecule has 0 saturated carbocycles. The van der Waals surface area contributed by atoms with Crippen LogP contribution < -0.4 is 14.8 Å². The highest BCUT2D eigenvalue weighted by atomic mass is 19.1. The van der Waals surface area contributed by atoms with Crippen LogP contribution in [-0.4, -0.2) is 54.7 Å². The molecular formula is C30H30FN3O3. The van der Waals surface area contributed by atoms with E-state index in [-0.39, 0.29) is 17.8 Å². The molecule has 0 aliphatic carbocycles. The number of likely N-dealkylation sites (tertiary alicyclic amines) is 1. The molecule has 1 aromatic heterocycles. The number of amides is 1. The number of nitrogens with zero attached hydrogens (tertiary/aromatic N) is 2. The van der Waals surface area contributed by atoms with Gasteiger partial charge in [0.1, 0.15) is 29.1 Å². The van der Waals surface area contributed by atoms with Gasteiger partial charge < -0.3 is 14.8 Å². The number of ether oxygens (including phenoxy) is 2. The number of rotatable bonds is 10. The van der Waals surface area contributed by atoms with Gasteiger partial charge >= 0.3 is 0 Å². The van der Waals surface area contributed by atoms with Crippen LogP contribution in [0.15, 0.2) is 78.9 Å². The van der Waals surface area contributed by atoms with Crippen LogP contribution in [0.3, 0.4) is 0 Å². The first-order valence-electron chi connectivity index (χ1n) is 12.6. The van der Waals surface area contributed by atoms with Gasteiger partial charge in [-0.2, -0.15) is 0 Å². The summed E-state index contributed by atoms with van der Waals surface area (Å²) in [5.74, 6) is 0.889. The minimum atomic E-state index is -0.295. The summed E-state index contributed by atoms with van der Waals surface area (Å²) in [5.41, 5.74) is 2.10. The summed E-state index contributed by atoms with van der Waals surface area (Å²) in [4.78, 5) is 20.1. The molecule has 1 aliphatic heterocycles. The van der Waals surface area contributed by atoms with Gasteiger partial charge in [-0.1, -0.05) is 30.3 Å². The molecule has 0 radical (unpaired) electrons. The van der Waals surface area contributed by atoms with Crippen molar-refractivity contribution in [2.45, 2.75) is 19.4 Å². The van der Waals surface area contributed by atoms with Crippen LogP contribution in [-0.2, 0) is 0 Å². The Labute approximate surface area is 216 Å². The van der Waals surface area contributed by atoms with Gasteiger partial charge in [0.2, 0.25) is 0 Å². The Kier molecular flexibility index (Phi) is 7.61. The van der Waals surface area contributed by atoms with Gasteiger partial charge in [0.15, 0.2) is 0 Å². The van der Waals surface area contributed by atoms with Gasteiger partial charge in [0.05, 0.1) is 12.3 Å². The maximum atomic E-state index is 13.3. The van der Waals surface area contributed by atoms with Crippen molar-refractivity contribution in [3.8, 4) is 22.8 Å². The van der Waals surface area contributed by atoms with Crippen LogP contribution in [0.5, 0.6) is 11.5 Å². The first-order valence-corrected chi connectivity index (χ1v) is 12.6. The summed E-state index contributed by atoms with van der Waals surface area (Å²) in [6.07, 6.45) is 0.881. The largest absolute Gasteiger partial charge is 0.494 e. The van der Waals surface area contributed by atoms with E-state index in [1.807, 2.05) is 61.5 Å². The van der Waals surface area contributed by atoms with Crippen LogP contribution in [0.2, 0.25) is 0 Å². The third-order valence-corrected chi connectivity index (χ3v) is 6.38. The number of hydrogen-bond donors (Lipinski definition) is 1. The quantitative estimate of drug-likeness (QED) is 0.299. The normalized spacial score (nSPS) is 13.8. The molecule has 1 N–H and O–H groups in total. The number of benzene rings is 3. The molecule has 5 rings (SSSR count). The number of pyridine rings is 1. The molecule has 1 saturated heterocycles. The Bertz CT molecular complexity index is 1370. The van der Waals surface area contributed by atoms with Gasteiger partial charge in [-0.25, -0.2) is 9.37 Å². The van der Waals surface area contributed by atoms with Gasteiger partial charge in [-0.3, -0.25) is 9.69 Å². The number of carbonyl (C=O) groups excluding carboxylic acids is 1. The smallest absolute Gasteiger partial charge is 0.270 e. The van der Waals surface area contributed by atoms with Crippen molar-refractivity contribution >= 4 is 16.7 Å². The average molecular weight is 500 g/mol. The zero-order valence-corrected chi connectivity index (χ0v) is 20.8. The van der Waals surface area contributed by atoms with Crippen LogP contribution in [0.1, 0.15) is 23.8 Å². The second-order valence-corrected chi connectivity index (χ2v) is 9.10. The maximum Gasteiger partial charge on any atom is 0.270 e. The fourth-order valence-corrected chi connectivity index (χ4v) is 4.51. The lowest BCUT2D eigenvalue weighted by molar-refractivity contribution is 0.0193. The summed E-state index contributed by atoms with van der Waals surface area (Å²) >= 11 is 0. The Balaban J connectivity index is 1.16. The summed E-state index contributed by atoms with van der Waals surface area (Å²) in [6.45, 7) is 5.55. The lowest BCUT2D eigenvalue weighted by Gasteiger charge is -2.39. The fourth-order valence-electron chi connectivity index (χ4n) is 4.51. The molecule has 0 atom stereocenters. The highest BCUT2D eigenvalue weighted by Gasteiger charge is 2.28. The van der Waals surface area contributed by atoms with Crippen molar-refractivity contribution in [1.82, 2.24) is 15.2 Å². The van der Waals surface area contributed by atoms with Crippen LogP contribution >= 0.6 is 0 Å². The highest BCUT2D eigenvalue weighted by molar-refractivity contribution is 6.06. The van der Waals surface area contributed by atoms with Crippen LogP contribution in [0.25, 0.3) is 22.0 Å². The molecule has 3 aromatic carbocycles. The molecule has 7 heteroatoms. The van der Waals surface area contributed by atoms with Gasteiger partial charge in [-0.15, -0.1) is 0 Å². The molecule has 0 bridgehead atoms. The zero-order valence-electron chi connectivity index (χ0n) is 20.8. The van der Waals surface area contributed by atoms with E-state index in [1.54, 1.807) is 12.1 Å². The third kappa shape index (κ3) is 6.06. The third-order valence-electron chi connectivity index (χ3n) is 6.38. The predicted octanol–water partition coefficient (Wildman–Crippen LogP) is 5.32. The molecular weight excluding hydrogens is 469 g/mol. The first kappa shape index (κ1) is 24.7. The standard InChI is InChI=1S/C30H30FN3O3/c1-2-36-24-13-11-21(12-14-24)28-17-22-7-3-4-10-27(22)29(33-28)30(35)32-15-6-16-34-19-26(20-34)37-25-9-5-8-23(31)18-25/h3-5,7-14,17-18,26H,2,6,15-16,19-20H2,1H3,(H,32,35). The summed E-state index contributed by atoms with van der Waals surface area (Å²) < 4.78 is 24.7. The average Bonchev–Trinajstić information content (AvgIpc) is 2.89. The van der Waals surface area contributed by atoms with E-state index in [1.165, 1.54) is 12.1 Å². The topological polar surface area (TPSA) is 63.7 Å². The predicted molar refractivity (Wildman–Crippen MR) is 143 cm³/mol. The maximum absolute atomic E-state index is 13.3. The van der Waals surface area contributed by atoms with Gasteiger partial charge in [0, 0.05) is 43.2 Å². The molecule has 2 heterocycles. The SMILES string of the molecule is CCOc1ccc(-c2cc3ccccc3c(C(=O)NCCCN3CC(Oc4cccc(F)c4)C3)n2)cc1. The minimum absolute atomic E-state index is 0.0669. The summed E-state index contributed by atoms with van der Waals surface area (Å²) in [5, 5.41) is 4.83. The number of carbonyl (C=O) groups is 1. The van der Waals surface area contributed by atoms with E-state index in [0.717, 1.165) is 53.8 Å². The molecule has 4 aromatic rings. The number of nitrogens with one attached hydrogen (secondary N) is 1. The monoisotopic (exact) mass is 499 g/mol. The van der Waals surface area contributed by atoms with Crippen LogP contribution in [0.4, 0.5) is 4.39 Å². The minimum Gasteiger partial charge on any atom is -0.494 e.